The lowest BCUT2D eigenvalue weighted by Crippen LogP contribution is -2.22. The highest BCUT2D eigenvalue weighted by Gasteiger charge is 2.16. The number of nitrogens with two attached hydrogens (primary N) is 1. The Kier molecular flexibility index (Phi) is 6.10. The van der Waals surface area contributed by atoms with E-state index in [4.69, 9.17) is 5.73 Å². The molecule has 3 N–H and O–H groups in total. The molecule has 0 radical (unpaired) electrons. The van der Waals surface area contributed by atoms with Crippen LogP contribution in [0.3, 0.4) is 0 Å². The Labute approximate surface area is 124 Å². The average Bonchev–Trinajstić information content (AvgIpc) is 3.11. The Morgan fingerprint density at radius 3 is 3.00 bits per heavy atom. The lowest BCUT2D eigenvalue weighted by Gasteiger charge is -2.08. The fraction of sp³-hybridized carbons (Fsp3) is 0.562. The summed E-state index contributed by atoms with van der Waals surface area (Å²) in [4.78, 5) is 13.0. The summed E-state index contributed by atoms with van der Waals surface area (Å²) >= 11 is 1.63. The molecule has 2 rings (SSSR count). The topological polar surface area (TPSA) is 55.1 Å². The van der Waals surface area contributed by atoms with Crippen LogP contribution in [0.5, 0.6) is 0 Å². The normalized spacial score (nSPS) is 14.8. The molecule has 108 valence electrons. The monoisotopic (exact) mass is 290 g/mol. The Hall–Kier alpha value is -1.31. The third kappa shape index (κ3) is 4.66. The van der Waals surface area contributed by atoms with E-state index in [1.165, 1.54) is 25.7 Å². The molecule has 0 aromatic carbocycles. The van der Waals surface area contributed by atoms with E-state index in [9.17, 15) is 4.79 Å². The summed E-state index contributed by atoms with van der Waals surface area (Å²) < 4.78 is 0. The first-order valence-corrected chi connectivity index (χ1v) is 8.19. The second kappa shape index (κ2) is 8.08. The Bertz CT molecular complexity index is 492. The van der Waals surface area contributed by atoms with Crippen LogP contribution >= 0.6 is 11.3 Å². The first-order valence-electron chi connectivity index (χ1n) is 7.31. The fourth-order valence-corrected chi connectivity index (χ4v) is 3.41. The molecule has 3 nitrogen and oxygen atoms in total. The van der Waals surface area contributed by atoms with E-state index < -0.39 is 0 Å². The minimum atomic E-state index is 0.156. The summed E-state index contributed by atoms with van der Waals surface area (Å²) in [6.45, 7) is 0.943. The van der Waals surface area contributed by atoms with Gasteiger partial charge in [-0.1, -0.05) is 37.5 Å². The molecule has 20 heavy (non-hydrogen) atoms. The first kappa shape index (κ1) is 15.1. The van der Waals surface area contributed by atoms with Crippen molar-refractivity contribution in [2.75, 3.05) is 6.54 Å². The van der Waals surface area contributed by atoms with E-state index in [1.54, 1.807) is 11.3 Å². The zero-order valence-corrected chi connectivity index (χ0v) is 12.6. The smallest absolute Gasteiger partial charge is 0.220 e. The van der Waals surface area contributed by atoms with Gasteiger partial charge in [-0.3, -0.25) is 4.79 Å². The molecule has 0 unspecified atom stereocenters. The number of carbonyl (C=O) groups is 1. The highest BCUT2D eigenvalue weighted by molar-refractivity contribution is 7.10. The van der Waals surface area contributed by atoms with Gasteiger partial charge in [0.2, 0.25) is 5.91 Å². The lowest BCUT2D eigenvalue weighted by atomic mass is 10.0. The molecule has 1 heterocycles. The summed E-state index contributed by atoms with van der Waals surface area (Å²) in [5.41, 5.74) is 6.36. The van der Waals surface area contributed by atoms with Crippen molar-refractivity contribution in [2.24, 2.45) is 11.7 Å². The molecule has 1 aliphatic carbocycles. The van der Waals surface area contributed by atoms with Crippen LogP contribution in [-0.2, 0) is 11.3 Å². The van der Waals surface area contributed by atoms with Gasteiger partial charge in [-0.15, -0.1) is 11.3 Å². The summed E-state index contributed by atoms with van der Waals surface area (Å²) in [6, 6.07) is 1.98. The number of nitrogens with one attached hydrogen (secondary N) is 1. The number of carbonyl (C=O) groups excluding carboxylic acids is 1. The van der Waals surface area contributed by atoms with Crippen molar-refractivity contribution >= 4 is 17.2 Å². The van der Waals surface area contributed by atoms with Crippen LogP contribution in [0.1, 0.15) is 49.0 Å². The third-order valence-corrected chi connectivity index (χ3v) is 4.69. The number of hydrogen-bond acceptors (Lipinski definition) is 3. The summed E-state index contributed by atoms with van der Waals surface area (Å²) in [6.07, 6.45) is 6.97. The molecular formula is C16H22N2OS. The largest absolute Gasteiger partial charge is 0.351 e. The number of rotatable bonds is 5. The molecule has 0 spiro atoms. The van der Waals surface area contributed by atoms with E-state index in [-0.39, 0.29) is 5.91 Å². The summed E-state index contributed by atoms with van der Waals surface area (Å²) in [7, 11) is 0. The van der Waals surface area contributed by atoms with Gasteiger partial charge in [0.05, 0.1) is 13.1 Å². The molecule has 0 bridgehead atoms. The Balaban J connectivity index is 1.74. The van der Waals surface area contributed by atoms with Gasteiger partial charge >= 0.3 is 0 Å². The van der Waals surface area contributed by atoms with Crippen molar-refractivity contribution in [2.45, 2.75) is 45.1 Å². The molecule has 1 aromatic heterocycles. The summed E-state index contributed by atoms with van der Waals surface area (Å²) in [5, 5.41) is 5.00. The van der Waals surface area contributed by atoms with E-state index in [0.717, 1.165) is 22.8 Å². The maximum absolute atomic E-state index is 11.9. The van der Waals surface area contributed by atoms with Gasteiger partial charge < -0.3 is 11.1 Å². The Morgan fingerprint density at radius 2 is 2.25 bits per heavy atom. The quantitative estimate of drug-likeness (QED) is 0.819. The second-order valence-corrected chi connectivity index (χ2v) is 6.23. The first-order chi connectivity index (χ1) is 9.79. The highest BCUT2D eigenvalue weighted by Crippen LogP contribution is 2.28. The van der Waals surface area contributed by atoms with E-state index in [0.29, 0.717) is 19.5 Å². The van der Waals surface area contributed by atoms with Crippen molar-refractivity contribution in [3.63, 3.8) is 0 Å². The zero-order valence-electron chi connectivity index (χ0n) is 11.8. The van der Waals surface area contributed by atoms with Gasteiger partial charge in [0, 0.05) is 16.9 Å². The maximum atomic E-state index is 11.9. The van der Waals surface area contributed by atoms with Crippen LogP contribution in [0.15, 0.2) is 11.4 Å². The van der Waals surface area contributed by atoms with Gasteiger partial charge in [-0.2, -0.15) is 0 Å². The highest BCUT2D eigenvalue weighted by atomic mass is 32.1. The van der Waals surface area contributed by atoms with Crippen LogP contribution in [0.4, 0.5) is 0 Å². The van der Waals surface area contributed by atoms with E-state index in [2.05, 4.69) is 17.2 Å². The van der Waals surface area contributed by atoms with Crippen molar-refractivity contribution in [3.05, 3.63) is 21.9 Å². The lowest BCUT2D eigenvalue weighted by molar-refractivity contribution is -0.121. The standard InChI is InChI=1S/C16H22N2OS/c17-10-3-6-14-9-11-20-15(14)12-18-16(19)8-7-13-4-1-2-5-13/h9,11,13H,1-2,4-5,7-8,10,12,17H2,(H,18,19). The van der Waals surface area contributed by atoms with E-state index >= 15 is 0 Å². The third-order valence-electron chi connectivity index (χ3n) is 3.77. The molecule has 1 fully saturated rings. The van der Waals surface area contributed by atoms with Crippen molar-refractivity contribution in [1.82, 2.24) is 5.32 Å². The number of amides is 1. The van der Waals surface area contributed by atoms with E-state index in [1.807, 2.05) is 11.4 Å². The average molecular weight is 290 g/mol. The molecule has 1 amide bonds. The van der Waals surface area contributed by atoms with Gasteiger partial charge in [0.15, 0.2) is 0 Å². The van der Waals surface area contributed by atoms with Crippen LogP contribution < -0.4 is 11.1 Å². The maximum Gasteiger partial charge on any atom is 0.220 e. The van der Waals surface area contributed by atoms with Crippen molar-refractivity contribution in [3.8, 4) is 11.8 Å². The van der Waals surface area contributed by atoms with Crippen LogP contribution in [0, 0.1) is 17.8 Å². The SMILES string of the molecule is NCC#Cc1ccsc1CNC(=O)CCC1CCCC1. The summed E-state index contributed by atoms with van der Waals surface area (Å²) in [5.74, 6) is 6.82. The van der Waals surface area contributed by atoms with Gasteiger partial charge in [-0.05, 0) is 23.8 Å². The van der Waals surface area contributed by atoms with Crippen molar-refractivity contribution < 1.29 is 4.79 Å². The van der Waals surface area contributed by atoms with Gasteiger partial charge in [0.25, 0.3) is 0 Å². The van der Waals surface area contributed by atoms with Gasteiger partial charge in [0.1, 0.15) is 0 Å². The molecular weight excluding hydrogens is 268 g/mol. The fourth-order valence-electron chi connectivity index (χ4n) is 2.64. The van der Waals surface area contributed by atoms with Crippen LogP contribution in [-0.4, -0.2) is 12.5 Å². The molecule has 4 heteroatoms. The molecule has 0 saturated heterocycles. The molecule has 1 aromatic rings. The number of thiophene rings is 1. The minimum Gasteiger partial charge on any atom is -0.351 e. The minimum absolute atomic E-state index is 0.156. The van der Waals surface area contributed by atoms with Crippen LogP contribution in [0.2, 0.25) is 0 Å². The molecule has 1 saturated carbocycles. The van der Waals surface area contributed by atoms with Crippen LogP contribution in [0.25, 0.3) is 0 Å². The Morgan fingerprint density at radius 1 is 1.45 bits per heavy atom. The second-order valence-electron chi connectivity index (χ2n) is 5.23. The predicted molar refractivity (Wildman–Crippen MR) is 83.3 cm³/mol. The molecule has 0 atom stereocenters. The predicted octanol–water partition coefficient (Wildman–Crippen LogP) is 2.64. The van der Waals surface area contributed by atoms with Gasteiger partial charge in [-0.25, -0.2) is 0 Å². The van der Waals surface area contributed by atoms with Crippen molar-refractivity contribution in [1.29, 1.82) is 0 Å². The number of hydrogen-bond donors (Lipinski definition) is 2. The molecule has 0 aliphatic heterocycles. The molecule has 1 aliphatic rings. The zero-order chi connectivity index (χ0) is 14.2.